The van der Waals surface area contributed by atoms with Crippen molar-refractivity contribution in [2.24, 2.45) is 0 Å². The van der Waals surface area contributed by atoms with Gasteiger partial charge >= 0.3 is 5.97 Å². The maximum atomic E-state index is 13.2. The van der Waals surface area contributed by atoms with Gasteiger partial charge in [0.15, 0.2) is 0 Å². The van der Waals surface area contributed by atoms with Crippen molar-refractivity contribution in [1.29, 1.82) is 0 Å². The number of rotatable bonds is 10. The van der Waals surface area contributed by atoms with Gasteiger partial charge in [-0.3, -0.25) is 14.5 Å². The zero-order valence-electron chi connectivity index (χ0n) is 19.6. The molecule has 0 unspecified atom stereocenters. The molecular formula is C26H34FN3O3. The Labute approximate surface area is 195 Å². The molecule has 0 saturated carbocycles. The van der Waals surface area contributed by atoms with Crippen molar-refractivity contribution in [3.63, 3.8) is 0 Å². The Morgan fingerprint density at radius 2 is 1.85 bits per heavy atom. The summed E-state index contributed by atoms with van der Waals surface area (Å²) in [5, 5.41) is 2.90. The Kier molecular flexibility index (Phi) is 9.24. The molecule has 1 aliphatic heterocycles. The second-order valence-electron chi connectivity index (χ2n) is 8.51. The maximum Gasteiger partial charge on any atom is 0.320 e. The van der Waals surface area contributed by atoms with Crippen LogP contribution >= 0.6 is 0 Å². The summed E-state index contributed by atoms with van der Waals surface area (Å²) >= 11 is 0. The van der Waals surface area contributed by atoms with Crippen molar-refractivity contribution in [2.45, 2.75) is 38.6 Å². The van der Waals surface area contributed by atoms with Crippen molar-refractivity contribution in [2.75, 3.05) is 44.7 Å². The summed E-state index contributed by atoms with van der Waals surface area (Å²) < 4.78 is 18.3. The van der Waals surface area contributed by atoms with Crippen LogP contribution in [0.2, 0.25) is 0 Å². The summed E-state index contributed by atoms with van der Waals surface area (Å²) in [5.74, 6) is -0.465. The average molecular weight is 456 g/mol. The van der Waals surface area contributed by atoms with Gasteiger partial charge in [0.05, 0.1) is 19.6 Å². The number of carbonyl (C=O) groups excluding carboxylic acids is 2. The fourth-order valence-corrected chi connectivity index (χ4v) is 4.22. The molecule has 2 aromatic carbocycles. The largest absolute Gasteiger partial charge is 0.465 e. The summed E-state index contributed by atoms with van der Waals surface area (Å²) in [6.45, 7) is 4.91. The topological polar surface area (TPSA) is 61.9 Å². The zero-order chi connectivity index (χ0) is 23.6. The number of anilines is 1. The van der Waals surface area contributed by atoms with E-state index in [1.54, 1.807) is 6.07 Å². The molecule has 0 spiro atoms. The Hall–Kier alpha value is -2.93. The number of carbonyl (C=O) groups is 2. The predicted octanol–water partition coefficient (Wildman–Crippen LogP) is 3.19. The standard InChI is InChI=1S/C26H34FN3O3/c1-3-33-26(32)19-29(2)23-12-15-30(16-13-23)24-9-7-21(8-10-24)18-25(31)28-14-11-20-5-4-6-22(27)17-20/h4-10,17,23H,3,11-16,18-19H2,1-2H3,(H,28,31). The van der Waals surface area contributed by atoms with Crippen LogP contribution in [0.4, 0.5) is 10.1 Å². The minimum Gasteiger partial charge on any atom is -0.465 e. The lowest BCUT2D eigenvalue weighted by atomic mass is 10.0. The molecule has 1 fully saturated rings. The van der Waals surface area contributed by atoms with Crippen LogP contribution < -0.4 is 10.2 Å². The van der Waals surface area contributed by atoms with Crippen molar-refractivity contribution in [3.8, 4) is 0 Å². The lowest BCUT2D eigenvalue weighted by Crippen LogP contribution is -2.45. The van der Waals surface area contributed by atoms with Gasteiger partial charge in [0.25, 0.3) is 0 Å². The molecule has 178 valence electrons. The Balaban J connectivity index is 1.40. The van der Waals surface area contributed by atoms with E-state index >= 15 is 0 Å². The number of piperidine rings is 1. The van der Waals surface area contributed by atoms with Crippen molar-refractivity contribution in [1.82, 2.24) is 10.2 Å². The SMILES string of the molecule is CCOC(=O)CN(C)C1CCN(c2ccc(CC(=O)NCCc3cccc(F)c3)cc2)CC1. The van der Waals surface area contributed by atoms with Crippen LogP contribution in [0.3, 0.4) is 0 Å². The number of hydrogen-bond donors (Lipinski definition) is 1. The van der Waals surface area contributed by atoms with Gasteiger partial charge in [-0.2, -0.15) is 0 Å². The Bertz CT molecular complexity index is 911. The van der Waals surface area contributed by atoms with E-state index in [4.69, 9.17) is 4.74 Å². The fourth-order valence-electron chi connectivity index (χ4n) is 4.22. The van der Waals surface area contributed by atoms with Crippen molar-refractivity contribution >= 4 is 17.6 Å². The van der Waals surface area contributed by atoms with Gasteiger partial charge in [0.2, 0.25) is 5.91 Å². The van der Waals surface area contributed by atoms with Crippen LogP contribution in [0.1, 0.15) is 30.9 Å². The first kappa shape index (κ1) is 24.7. The molecule has 0 aromatic heterocycles. The lowest BCUT2D eigenvalue weighted by Gasteiger charge is -2.37. The highest BCUT2D eigenvalue weighted by molar-refractivity contribution is 5.78. The third-order valence-electron chi connectivity index (χ3n) is 6.06. The smallest absolute Gasteiger partial charge is 0.320 e. The third kappa shape index (κ3) is 7.86. The fraction of sp³-hybridized carbons (Fsp3) is 0.462. The molecule has 2 aromatic rings. The van der Waals surface area contributed by atoms with Crippen molar-refractivity contribution < 1.29 is 18.7 Å². The van der Waals surface area contributed by atoms with E-state index in [2.05, 4.69) is 27.2 Å². The maximum absolute atomic E-state index is 13.2. The van der Waals surface area contributed by atoms with E-state index in [1.165, 1.54) is 12.1 Å². The van der Waals surface area contributed by atoms with Crippen LogP contribution in [0.15, 0.2) is 48.5 Å². The predicted molar refractivity (Wildman–Crippen MR) is 128 cm³/mol. The lowest BCUT2D eigenvalue weighted by molar-refractivity contribution is -0.144. The van der Waals surface area contributed by atoms with Crippen LogP contribution in [0.5, 0.6) is 0 Å². The van der Waals surface area contributed by atoms with E-state index in [9.17, 15) is 14.0 Å². The molecule has 0 bridgehead atoms. The minimum absolute atomic E-state index is 0.0374. The number of hydrogen-bond acceptors (Lipinski definition) is 5. The third-order valence-corrected chi connectivity index (χ3v) is 6.06. The quantitative estimate of drug-likeness (QED) is 0.558. The van der Waals surface area contributed by atoms with E-state index in [0.29, 0.717) is 38.6 Å². The van der Waals surface area contributed by atoms with Gasteiger partial charge in [-0.05, 0) is 68.6 Å². The number of ether oxygens (including phenoxy) is 1. The van der Waals surface area contributed by atoms with Crippen LogP contribution in [0.25, 0.3) is 0 Å². The van der Waals surface area contributed by atoms with E-state index < -0.39 is 0 Å². The molecule has 0 atom stereocenters. The molecule has 6 nitrogen and oxygen atoms in total. The summed E-state index contributed by atoms with van der Waals surface area (Å²) in [6, 6.07) is 15.0. The number of benzene rings is 2. The first-order valence-electron chi connectivity index (χ1n) is 11.7. The molecule has 1 amide bonds. The second-order valence-corrected chi connectivity index (χ2v) is 8.51. The molecular weight excluding hydrogens is 421 g/mol. The molecule has 0 aliphatic carbocycles. The molecule has 0 radical (unpaired) electrons. The molecule has 1 saturated heterocycles. The Morgan fingerprint density at radius 1 is 1.12 bits per heavy atom. The Morgan fingerprint density at radius 3 is 2.52 bits per heavy atom. The van der Waals surface area contributed by atoms with E-state index in [-0.39, 0.29) is 17.7 Å². The first-order chi connectivity index (χ1) is 15.9. The van der Waals surface area contributed by atoms with E-state index in [0.717, 1.165) is 42.7 Å². The van der Waals surface area contributed by atoms with Gasteiger partial charge < -0.3 is 15.0 Å². The van der Waals surface area contributed by atoms with Gasteiger partial charge in [-0.1, -0.05) is 24.3 Å². The van der Waals surface area contributed by atoms with Gasteiger partial charge in [0, 0.05) is 31.4 Å². The number of amides is 1. The summed E-state index contributed by atoms with van der Waals surface area (Å²) in [7, 11) is 1.98. The summed E-state index contributed by atoms with van der Waals surface area (Å²) in [5.41, 5.74) is 2.98. The molecule has 33 heavy (non-hydrogen) atoms. The second kappa shape index (κ2) is 12.3. The highest BCUT2D eigenvalue weighted by atomic mass is 19.1. The molecule has 3 rings (SSSR count). The number of halogens is 1. The molecule has 1 N–H and O–H groups in total. The summed E-state index contributed by atoms with van der Waals surface area (Å²) in [4.78, 5) is 28.4. The monoisotopic (exact) mass is 455 g/mol. The van der Waals surface area contributed by atoms with Crippen LogP contribution in [-0.4, -0.2) is 62.7 Å². The highest BCUT2D eigenvalue weighted by Gasteiger charge is 2.24. The molecule has 7 heteroatoms. The molecule has 1 aliphatic rings. The van der Waals surface area contributed by atoms with Gasteiger partial charge in [0.1, 0.15) is 5.82 Å². The first-order valence-corrected chi connectivity index (χ1v) is 11.7. The highest BCUT2D eigenvalue weighted by Crippen LogP contribution is 2.22. The average Bonchev–Trinajstić information content (AvgIpc) is 2.80. The van der Waals surface area contributed by atoms with E-state index in [1.807, 2.05) is 32.2 Å². The van der Waals surface area contributed by atoms with Gasteiger partial charge in [-0.15, -0.1) is 0 Å². The number of esters is 1. The zero-order valence-corrected chi connectivity index (χ0v) is 19.6. The van der Waals surface area contributed by atoms with Crippen LogP contribution in [-0.2, 0) is 27.2 Å². The van der Waals surface area contributed by atoms with Crippen molar-refractivity contribution in [3.05, 3.63) is 65.5 Å². The molecule has 1 heterocycles. The summed E-state index contributed by atoms with van der Waals surface area (Å²) in [6.07, 6.45) is 2.91. The normalized spacial score (nSPS) is 14.4. The number of nitrogens with one attached hydrogen (secondary N) is 1. The number of nitrogens with zero attached hydrogens (tertiary/aromatic N) is 2. The number of likely N-dealkylation sites (N-methyl/N-ethyl adjacent to an activating group) is 1. The van der Waals surface area contributed by atoms with Crippen LogP contribution in [0, 0.1) is 5.82 Å². The van der Waals surface area contributed by atoms with Gasteiger partial charge in [-0.25, -0.2) is 4.39 Å². The minimum atomic E-state index is -0.258.